The Morgan fingerprint density at radius 2 is 1.37 bits per heavy atom. The summed E-state index contributed by atoms with van der Waals surface area (Å²) in [6, 6.07) is 16.1. The van der Waals surface area contributed by atoms with Crippen LogP contribution in [0.15, 0.2) is 60.7 Å². The Hall–Kier alpha value is -2.81. The summed E-state index contributed by atoms with van der Waals surface area (Å²) < 4.78 is 44.6. The third-order valence-corrected chi connectivity index (χ3v) is 9.75. The van der Waals surface area contributed by atoms with Gasteiger partial charge in [-0.1, -0.05) is 113 Å². The Labute approximate surface area is 245 Å². The number of benzene rings is 3. The maximum atomic E-state index is 15.4. The molecule has 0 amide bonds. The van der Waals surface area contributed by atoms with Crippen LogP contribution in [-0.2, 0) is 6.42 Å². The van der Waals surface area contributed by atoms with Crippen LogP contribution < -0.4 is 0 Å². The molecule has 0 N–H and O–H groups in total. The quantitative estimate of drug-likeness (QED) is 0.217. The van der Waals surface area contributed by atoms with Crippen LogP contribution in [0, 0.1) is 35.2 Å². The predicted molar refractivity (Wildman–Crippen MR) is 166 cm³/mol. The number of hydrogen-bond donors (Lipinski definition) is 0. The summed E-state index contributed by atoms with van der Waals surface area (Å²) in [4.78, 5) is 0. The molecule has 218 valence electrons. The van der Waals surface area contributed by atoms with E-state index in [0.717, 1.165) is 60.1 Å². The molecular formula is C38H45F3. The third-order valence-electron chi connectivity index (χ3n) is 9.75. The lowest BCUT2D eigenvalue weighted by Gasteiger charge is -2.35. The highest BCUT2D eigenvalue weighted by atomic mass is 19.2. The normalized spacial score (nSPS) is 21.1. The molecule has 0 saturated heterocycles. The maximum absolute atomic E-state index is 15.4. The van der Waals surface area contributed by atoms with E-state index in [0.29, 0.717) is 23.1 Å². The molecule has 41 heavy (non-hydrogen) atoms. The highest BCUT2D eigenvalue weighted by molar-refractivity contribution is 5.74. The summed E-state index contributed by atoms with van der Waals surface area (Å²) >= 11 is 0. The fraction of sp³-hybridized carbons (Fsp3) is 0.474. The monoisotopic (exact) mass is 558 g/mol. The zero-order valence-electron chi connectivity index (χ0n) is 24.8. The lowest BCUT2D eigenvalue weighted by molar-refractivity contribution is 0.187. The van der Waals surface area contributed by atoms with Crippen molar-refractivity contribution in [2.75, 3.05) is 0 Å². The molecule has 0 spiro atoms. The van der Waals surface area contributed by atoms with E-state index in [9.17, 15) is 8.78 Å². The number of aryl methyl sites for hydroxylation is 1. The Morgan fingerprint density at radius 1 is 0.659 bits per heavy atom. The molecule has 2 aliphatic carbocycles. The molecule has 3 heteroatoms. The molecule has 5 rings (SSSR count). The molecule has 0 aromatic heterocycles. The summed E-state index contributed by atoms with van der Waals surface area (Å²) in [5.74, 6) is 0.764. The first-order valence-corrected chi connectivity index (χ1v) is 16.0. The Balaban J connectivity index is 1.21. The molecule has 0 radical (unpaired) electrons. The van der Waals surface area contributed by atoms with E-state index < -0.39 is 11.6 Å². The fourth-order valence-electron chi connectivity index (χ4n) is 7.23. The Bertz CT molecular complexity index is 1330. The van der Waals surface area contributed by atoms with Crippen molar-refractivity contribution in [1.29, 1.82) is 0 Å². The van der Waals surface area contributed by atoms with Gasteiger partial charge in [-0.3, -0.25) is 0 Å². The van der Waals surface area contributed by atoms with Crippen molar-refractivity contribution in [3.63, 3.8) is 0 Å². The van der Waals surface area contributed by atoms with Crippen molar-refractivity contribution in [3.8, 4) is 22.3 Å². The molecular weight excluding hydrogens is 513 g/mol. The van der Waals surface area contributed by atoms with Crippen LogP contribution in [0.2, 0.25) is 0 Å². The highest BCUT2D eigenvalue weighted by Crippen LogP contribution is 2.43. The summed E-state index contributed by atoms with van der Waals surface area (Å²) in [6.45, 7) is 4.23. The van der Waals surface area contributed by atoms with Gasteiger partial charge in [0.2, 0.25) is 0 Å². The number of hydrogen-bond acceptors (Lipinski definition) is 0. The van der Waals surface area contributed by atoms with Gasteiger partial charge in [0.15, 0.2) is 11.6 Å². The van der Waals surface area contributed by atoms with Crippen LogP contribution in [0.3, 0.4) is 0 Å². The van der Waals surface area contributed by atoms with Gasteiger partial charge in [0.1, 0.15) is 5.82 Å². The second-order valence-electron chi connectivity index (χ2n) is 12.5. The average Bonchev–Trinajstić information content (AvgIpc) is 3.00. The van der Waals surface area contributed by atoms with E-state index in [-0.39, 0.29) is 11.4 Å². The zero-order valence-corrected chi connectivity index (χ0v) is 24.8. The maximum Gasteiger partial charge on any atom is 0.166 e. The summed E-state index contributed by atoms with van der Waals surface area (Å²) in [5.41, 5.74) is 4.75. The highest BCUT2D eigenvalue weighted by Gasteiger charge is 2.29. The van der Waals surface area contributed by atoms with Gasteiger partial charge in [0.25, 0.3) is 0 Å². The number of rotatable bonds is 10. The molecule has 1 saturated carbocycles. The van der Waals surface area contributed by atoms with Crippen molar-refractivity contribution >= 4 is 5.57 Å². The smallest absolute Gasteiger partial charge is 0.166 e. The van der Waals surface area contributed by atoms with Crippen molar-refractivity contribution in [2.45, 2.75) is 97.3 Å². The molecule has 0 nitrogen and oxygen atoms in total. The van der Waals surface area contributed by atoms with Crippen molar-refractivity contribution < 1.29 is 13.2 Å². The van der Waals surface area contributed by atoms with Crippen LogP contribution in [0.1, 0.15) is 102 Å². The molecule has 1 unspecified atom stereocenters. The van der Waals surface area contributed by atoms with Crippen LogP contribution in [0.5, 0.6) is 0 Å². The predicted octanol–water partition coefficient (Wildman–Crippen LogP) is 12.0. The van der Waals surface area contributed by atoms with Gasteiger partial charge in [-0.2, -0.15) is 0 Å². The minimum Gasteiger partial charge on any atom is -0.206 e. The molecule has 3 aromatic rings. The van der Waals surface area contributed by atoms with Crippen LogP contribution in [-0.4, -0.2) is 0 Å². The van der Waals surface area contributed by atoms with Gasteiger partial charge in [-0.05, 0) is 90.2 Å². The van der Waals surface area contributed by atoms with E-state index in [1.54, 1.807) is 30.3 Å². The van der Waals surface area contributed by atoms with Crippen molar-refractivity contribution in [3.05, 3.63) is 89.3 Å². The molecule has 3 aromatic carbocycles. The van der Waals surface area contributed by atoms with E-state index in [1.807, 2.05) is 31.2 Å². The van der Waals surface area contributed by atoms with Gasteiger partial charge in [-0.15, -0.1) is 0 Å². The van der Waals surface area contributed by atoms with E-state index in [2.05, 4.69) is 13.0 Å². The minimum absolute atomic E-state index is 0.191. The Morgan fingerprint density at radius 3 is 2.02 bits per heavy atom. The number of allylic oxidation sites excluding steroid dienone is 2. The molecule has 1 fully saturated rings. The van der Waals surface area contributed by atoms with Gasteiger partial charge in [0, 0.05) is 11.1 Å². The Kier molecular flexibility index (Phi) is 10.1. The zero-order chi connectivity index (χ0) is 28.8. The number of unbranched alkanes of at least 4 members (excludes halogenated alkanes) is 2. The van der Waals surface area contributed by atoms with E-state index >= 15 is 4.39 Å². The summed E-state index contributed by atoms with van der Waals surface area (Å²) in [5, 5.41) is 0. The van der Waals surface area contributed by atoms with Crippen LogP contribution in [0.4, 0.5) is 13.2 Å². The lowest BCUT2D eigenvalue weighted by Crippen LogP contribution is -2.23. The summed E-state index contributed by atoms with van der Waals surface area (Å²) in [6.07, 6.45) is 17.8. The SMILES string of the molecule is CCCCCC1CCC(C2CC=C(c3ccc(-c4ccc(-c5ccc(CCC)c(F)c5F)cc4)cc3F)CC2)CC1. The second-order valence-corrected chi connectivity index (χ2v) is 12.5. The fourth-order valence-corrected chi connectivity index (χ4v) is 7.23. The standard InChI is InChI=1S/C38H45F3/c1-3-5-6-8-26-9-11-27(12-10-26)28-13-17-30(18-14-28)34-23-22-33(25-36(34)39)29-15-19-31(20-16-29)35-24-21-32(7-4-2)37(40)38(35)41/h15-17,19-28H,3-14,18H2,1-2H3. The van der Waals surface area contributed by atoms with Gasteiger partial charge in [0.05, 0.1) is 0 Å². The summed E-state index contributed by atoms with van der Waals surface area (Å²) in [7, 11) is 0. The van der Waals surface area contributed by atoms with Gasteiger partial charge >= 0.3 is 0 Å². The minimum atomic E-state index is -0.808. The van der Waals surface area contributed by atoms with Crippen LogP contribution in [0.25, 0.3) is 27.8 Å². The molecule has 0 bridgehead atoms. The van der Waals surface area contributed by atoms with Crippen LogP contribution >= 0.6 is 0 Å². The number of halogens is 3. The topological polar surface area (TPSA) is 0 Å². The van der Waals surface area contributed by atoms with Crippen molar-refractivity contribution in [2.24, 2.45) is 17.8 Å². The van der Waals surface area contributed by atoms with Gasteiger partial charge in [-0.25, -0.2) is 13.2 Å². The van der Waals surface area contributed by atoms with Gasteiger partial charge < -0.3 is 0 Å². The first-order chi connectivity index (χ1) is 20.0. The average molecular weight is 559 g/mol. The first-order valence-electron chi connectivity index (χ1n) is 16.0. The van der Waals surface area contributed by atoms with E-state index in [4.69, 9.17) is 0 Å². The third kappa shape index (κ3) is 6.99. The molecule has 1 atom stereocenters. The van der Waals surface area contributed by atoms with Crippen molar-refractivity contribution in [1.82, 2.24) is 0 Å². The molecule has 0 aliphatic heterocycles. The largest absolute Gasteiger partial charge is 0.206 e. The molecule has 0 heterocycles. The second kappa shape index (κ2) is 13.9. The molecule has 2 aliphatic rings. The van der Waals surface area contributed by atoms with E-state index in [1.165, 1.54) is 51.4 Å². The first kappa shape index (κ1) is 29.7. The lowest BCUT2D eigenvalue weighted by atomic mass is 9.70.